The Balaban J connectivity index is 1.44. The van der Waals surface area contributed by atoms with Gasteiger partial charge in [0, 0.05) is 30.1 Å². The second-order valence-corrected chi connectivity index (χ2v) is 7.19. The van der Waals surface area contributed by atoms with Gasteiger partial charge in [-0.2, -0.15) is 0 Å². The highest BCUT2D eigenvalue weighted by Gasteiger charge is 2.20. The molecule has 2 amide bonds. The number of para-hydroxylation sites is 1. The molecule has 0 radical (unpaired) electrons. The first-order chi connectivity index (χ1) is 12.1. The van der Waals surface area contributed by atoms with E-state index in [0.717, 1.165) is 35.6 Å². The zero-order chi connectivity index (χ0) is 17.6. The van der Waals surface area contributed by atoms with Gasteiger partial charge < -0.3 is 15.4 Å². The third-order valence-electron chi connectivity index (χ3n) is 4.15. The minimum absolute atomic E-state index is 0.110. The van der Waals surface area contributed by atoms with E-state index in [1.54, 1.807) is 0 Å². The average Bonchev–Trinajstić information content (AvgIpc) is 3.28. The van der Waals surface area contributed by atoms with Crippen molar-refractivity contribution in [3.05, 3.63) is 51.7 Å². The zero-order valence-corrected chi connectivity index (χ0v) is 15.0. The molecule has 2 aromatic rings. The summed E-state index contributed by atoms with van der Waals surface area (Å²) >= 11 is 1.46. The molecule has 1 atom stereocenters. The minimum atomic E-state index is -0.141. The number of hydrogen-bond donors (Lipinski definition) is 2. The van der Waals surface area contributed by atoms with Crippen LogP contribution in [0.3, 0.4) is 0 Å². The third kappa shape index (κ3) is 4.67. The van der Waals surface area contributed by atoms with Crippen LogP contribution in [0.25, 0.3) is 0 Å². The molecule has 1 aromatic carbocycles. The van der Waals surface area contributed by atoms with Gasteiger partial charge in [-0.15, -0.1) is 11.3 Å². The Hall–Kier alpha value is -2.18. The number of hydrogen-bond acceptors (Lipinski definition) is 4. The maximum absolute atomic E-state index is 12.2. The van der Waals surface area contributed by atoms with Gasteiger partial charge in [-0.25, -0.2) is 0 Å². The molecule has 0 bridgehead atoms. The molecular weight excluding hydrogens is 336 g/mol. The normalized spacial score (nSPS) is 16.6. The van der Waals surface area contributed by atoms with Crippen molar-refractivity contribution in [1.82, 2.24) is 5.32 Å². The minimum Gasteiger partial charge on any atom is -0.373 e. The van der Waals surface area contributed by atoms with Gasteiger partial charge in [0.25, 0.3) is 5.91 Å². The van der Waals surface area contributed by atoms with Crippen molar-refractivity contribution in [1.29, 1.82) is 0 Å². The maximum Gasteiger partial charge on any atom is 0.261 e. The number of amides is 2. The molecule has 0 spiro atoms. The molecule has 25 heavy (non-hydrogen) atoms. The summed E-state index contributed by atoms with van der Waals surface area (Å²) in [5.74, 6) is -0.251. The summed E-state index contributed by atoms with van der Waals surface area (Å²) in [6, 6.07) is 11.4. The molecule has 2 heterocycles. The molecule has 132 valence electrons. The van der Waals surface area contributed by atoms with Gasteiger partial charge in [0.2, 0.25) is 5.91 Å². The molecule has 5 nitrogen and oxygen atoms in total. The van der Waals surface area contributed by atoms with Crippen molar-refractivity contribution < 1.29 is 14.3 Å². The first-order valence-electron chi connectivity index (χ1n) is 8.48. The van der Waals surface area contributed by atoms with Crippen LogP contribution in [0, 0.1) is 6.92 Å². The topological polar surface area (TPSA) is 67.4 Å². The Kier molecular flexibility index (Phi) is 5.83. The Morgan fingerprint density at radius 1 is 1.24 bits per heavy atom. The standard InChI is InChI=1S/C19H22N2O3S/c1-13-5-2-3-6-14(13)21-18(22)10-11-20-19(23)17-9-8-16(25-17)15-7-4-12-24-15/h2-3,5-6,8-9,15H,4,7,10-12H2,1H3,(H,20,23)(H,21,22). The highest BCUT2D eigenvalue weighted by Crippen LogP contribution is 2.33. The summed E-state index contributed by atoms with van der Waals surface area (Å²) in [5, 5.41) is 5.66. The van der Waals surface area contributed by atoms with Gasteiger partial charge >= 0.3 is 0 Å². The fourth-order valence-electron chi connectivity index (χ4n) is 2.75. The van der Waals surface area contributed by atoms with Crippen LogP contribution in [0.15, 0.2) is 36.4 Å². The number of aryl methyl sites for hydroxylation is 1. The molecule has 2 N–H and O–H groups in total. The SMILES string of the molecule is Cc1ccccc1NC(=O)CCNC(=O)c1ccc(C2CCCO2)s1. The van der Waals surface area contributed by atoms with Crippen molar-refractivity contribution in [2.45, 2.75) is 32.3 Å². The number of rotatable bonds is 6. The molecule has 1 aromatic heterocycles. The fraction of sp³-hybridized carbons (Fsp3) is 0.368. The Bertz CT molecular complexity index is 751. The summed E-state index contributed by atoms with van der Waals surface area (Å²) in [4.78, 5) is 25.9. The average molecular weight is 358 g/mol. The summed E-state index contributed by atoms with van der Waals surface area (Å²) in [6.45, 7) is 3.05. The smallest absolute Gasteiger partial charge is 0.261 e. The molecule has 1 aliphatic rings. The lowest BCUT2D eigenvalue weighted by Crippen LogP contribution is -2.27. The molecule has 6 heteroatoms. The highest BCUT2D eigenvalue weighted by molar-refractivity contribution is 7.14. The number of carbonyl (C=O) groups is 2. The van der Waals surface area contributed by atoms with E-state index in [1.807, 2.05) is 43.3 Å². The van der Waals surface area contributed by atoms with Crippen molar-refractivity contribution >= 4 is 28.8 Å². The molecule has 1 aliphatic heterocycles. The third-order valence-corrected chi connectivity index (χ3v) is 5.33. The van der Waals surface area contributed by atoms with Crippen LogP contribution in [0.5, 0.6) is 0 Å². The number of thiophene rings is 1. The van der Waals surface area contributed by atoms with Gasteiger partial charge in [0.1, 0.15) is 0 Å². The van der Waals surface area contributed by atoms with Crippen molar-refractivity contribution in [2.24, 2.45) is 0 Å². The van der Waals surface area contributed by atoms with Crippen molar-refractivity contribution in [3.63, 3.8) is 0 Å². The predicted molar refractivity (Wildman–Crippen MR) is 99.0 cm³/mol. The van der Waals surface area contributed by atoms with E-state index >= 15 is 0 Å². The van der Waals surface area contributed by atoms with Crippen LogP contribution < -0.4 is 10.6 Å². The predicted octanol–water partition coefficient (Wildman–Crippen LogP) is 3.67. The van der Waals surface area contributed by atoms with E-state index in [-0.39, 0.29) is 24.3 Å². The van der Waals surface area contributed by atoms with Gasteiger partial charge in [-0.1, -0.05) is 18.2 Å². The summed E-state index contributed by atoms with van der Waals surface area (Å²) < 4.78 is 5.64. The Labute approximate surface area is 151 Å². The summed E-state index contributed by atoms with van der Waals surface area (Å²) in [6.07, 6.45) is 2.46. The van der Waals surface area contributed by atoms with Crippen molar-refractivity contribution in [2.75, 3.05) is 18.5 Å². The number of carbonyl (C=O) groups excluding carboxylic acids is 2. The number of nitrogens with one attached hydrogen (secondary N) is 2. The second-order valence-electron chi connectivity index (χ2n) is 6.07. The Morgan fingerprint density at radius 3 is 2.84 bits per heavy atom. The van der Waals surface area contributed by atoms with E-state index < -0.39 is 0 Å². The van der Waals surface area contributed by atoms with Gasteiger partial charge in [0.05, 0.1) is 11.0 Å². The van der Waals surface area contributed by atoms with Gasteiger partial charge in [0.15, 0.2) is 0 Å². The first kappa shape index (κ1) is 17.6. The quantitative estimate of drug-likeness (QED) is 0.828. The largest absolute Gasteiger partial charge is 0.373 e. The highest BCUT2D eigenvalue weighted by atomic mass is 32.1. The van der Waals surface area contributed by atoms with E-state index in [2.05, 4.69) is 10.6 Å². The Morgan fingerprint density at radius 2 is 2.08 bits per heavy atom. The van der Waals surface area contributed by atoms with Crippen LogP contribution in [-0.2, 0) is 9.53 Å². The van der Waals surface area contributed by atoms with Gasteiger partial charge in [-0.05, 0) is 43.5 Å². The molecule has 3 rings (SSSR count). The van der Waals surface area contributed by atoms with E-state index in [9.17, 15) is 9.59 Å². The number of anilines is 1. The van der Waals surface area contributed by atoms with E-state index in [0.29, 0.717) is 11.4 Å². The lowest BCUT2D eigenvalue weighted by Gasteiger charge is -2.08. The molecule has 1 unspecified atom stereocenters. The lowest BCUT2D eigenvalue weighted by atomic mass is 10.2. The van der Waals surface area contributed by atoms with Crippen LogP contribution >= 0.6 is 11.3 Å². The molecule has 1 fully saturated rings. The number of ether oxygens (including phenoxy) is 1. The lowest BCUT2D eigenvalue weighted by molar-refractivity contribution is -0.116. The monoisotopic (exact) mass is 358 g/mol. The zero-order valence-electron chi connectivity index (χ0n) is 14.2. The van der Waals surface area contributed by atoms with E-state index in [1.165, 1.54) is 11.3 Å². The van der Waals surface area contributed by atoms with Crippen LogP contribution in [0.2, 0.25) is 0 Å². The second kappa shape index (κ2) is 8.27. The molecule has 1 saturated heterocycles. The van der Waals surface area contributed by atoms with Crippen LogP contribution in [0.4, 0.5) is 5.69 Å². The fourth-order valence-corrected chi connectivity index (χ4v) is 3.76. The first-order valence-corrected chi connectivity index (χ1v) is 9.30. The van der Waals surface area contributed by atoms with E-state index in [4.69, 9.17) is 4.74 Å². The summed E-state index contributed by atoms with van der Waals surface area (Å²) in [5.41, 5.74) is 1.82. The van der Waals surface area contributed by atoms with Crippen LogP contribution in [-0.4, -0.2) is 25.0 Å². The molecular formula is C19H22N2O3S. The maximum atomic E-state index is 12.2. The number of benzene rings is 1. The molecule has 0 saturated carbocycles. The van der Waals surface area contributed by atoms with Crippen molar-refractivity contribution in [3.8, 4) is 0 Å². The molecule has 0 aliphatic carbocycles. The van der Waals surface area contributed by atoms with Gasteiger partial charge in [-0.3, -0.25) is 9.59 Å². The summed E-state index contributed by atoms with van der Waals surface area (Å²) in [7, 11) is 0. The van der Waals surface area contributed by atoms with Crippen LogP contribution in [0.1, 0.15) is 45.5 Å².